The average molecular weight is 519 g/mol. The minimum atomic E-state index is -0.510. The third kappa shape index (κ3) is 6.09. The van der Waals surface area contributed by atoms with Crippen molar-refractivity contribution in [1.29, 1.82) is 0 Å². The average Bonchev–Trinajstić information content (AvgIpc) is 2.77. The number of nitrogens with one attached hydrogen (secondary N) is 1. The summed E-state index contributed by atoms with van der Waals surface area (Å²) in [6.45, 7) is 4.40. The van der Waals surface area contributed by atoms with Gasteiger partial charge in [-0.05, 0) is 42.5 Å². The molecule has 158 valence electrons. The lowest BCUT2D eigenvalue weighted by Gasteiger charge is -2.18. The Morgan fingerprint density at radius 3 is 2.47 bits per heavy atom. The number of alkyl halides is 1. The molecule has 3 aromatic rings. The quantitative estimate of drug-likeness (QED) is 0.148. The van der Waals surface area contributed by atoms with Gasteiger partial charge in [0.25, 0.3) is 0 Å². The van der Waals surface area contributed by atoms with Gasteiger partial charge in [0.1, 0.15) is 12.4 Å². The van der Waals surface area contributed by atoms with Crippen molar-refractivity contribution in [2.24, 2.45) is 0 Å². The molecule has 1 N–H and O–H groups in total. The molecule has 5 nitrogen and oxygen atoms in total. The first-order chi connectivity index (χ1) is 14.6. The Labute approximate surface area is 190 Å². The Kier molecular flexibility index (Phi) is 8.33. The van der Waals surface area contributed by atoms with E-state index in [4.69, 9.17) is 14.2 Å². The van der Waals surface area contributed by atoms with Gasteiger partial charge in [0, 0.05) is 15.0 Å². The van der Waals surface area contributed by atoms with Crippen molar-refractivity contribution in [2.75, 3.05) is 18.5 Å². The molecule has 0 aliphatic carbocycles. The number of carbonyl (C=O) groups is 1. The molecule has 0 spiro atoms. The number of hydrogen-bond donors (Lipinski definition) is 1. The van der Waals surface area contributed by atoms with Crippen molar-refractivity contribution in [2.45, 2.75) is 30.5 Å². The van der Waals surface area contributed by atoms with Crippen molar-refractivity contribution in [1.82, 2.24) is 0 Å². The summed E-state index contributed by atoms with van der Waals surface area (Å²) in [5, 5.41) is 4.93. The van der Waals surface area contributed by atoms with E-state index >= 15 is 0 Å². The molecule has 0 aliphatic rings. The highest BCUT2D eigenvalue weighted by atomic mass is 127. The second-order valence-electron chi connectivity index (χ2n) is 6.76. The van der Waals surface area contributed by atoms with Gasteiger partial charge < -0.3 is 14.2 Å². The predicted molar refractivity (Wildman–Crippen MR) is 128 cm³/mol. The van der Waals surface area contributed by atoms with E-state index in [1.165, 1.54) is 10.9 Å². The van der Waals surface area contributed by atoms with Crippen molar-refractivity contribution in [3.8, 4) is 5.75 Å². The molecule has 0 saturated carbocycles. The van der Waals surface area contributed by atoms with E-state index in [-0.39, 0.29) is 13.2 Å². The van der Waals surface area contributed by atoms with Crippen molar-refractivity contribution < 1.29 is 19.0 Å². The number of benzene rings is 3. The number of hydrogen-bond acceptors (Lipinski definition) is 4. The third-order valence-electron chi connectivity index (χ3n) is 4.59. The van der Waals surface area contributed by atoms with Crippen molar-refractivity contribution in [3.05, 3.63) is 72.3 Å². The van der Waals surface area contributed by atoms with Gasteiger partial charge in [-0.1, -0.05) is 78.0 Å². The summed E-state index contributed by atoms with van der Waals surface area (Å²) >= 11 is 2.48. The number of anilines is 1. The van der Waals surface area contributed by atoms with Gasteiger partial charge in [-0.3, -0.25) is 5.32 Å². The van der Waals surface area contributed by atoms with E-state index in [0.29, 0.717) is 9.61 Å². The predicted octanol–water partition coefficient (Wildman–Crippen LogP) is 6.72. The van der Waals surface area contributed by atoms with E-state index in [0.717, 1.165) is 17.6 Å². The molecule has 0 aliphatic heterocycles. The first-order valence-corrected chi connectivity index (χ1v) is 11.3. The summed E-state index contributed by atoms with van der Waals surface area (Å²) in [7, 11) is 0. The first-order valence-electron chi connectivity index (χ1n) is 10.0. The molecule has 0 heterocycles. The van der Waals surface area contributed by atoms with E-state index in [9.17, 15) is 4.79 Å². The topological polar surface area (TPSA) is 56.8 Å². The highest BCUT2D eigenvalue weighted by Gasteiger charge is 2.13. The zero-order valence-corrected chi connectivity index (χ0v) is 19.3. The van der Waals surface area contributed by atoms with E-state index in [1.54, 1.807) is 12.1 Å². The van der Waals surface area contributed by atoms with Crippen molar-refractivity contribution >= 4 is 45.1 Å². The number of halogens is 1. The first kappa shape index (κ1) is 22.4. The number of para-hydroxylation sites is 1. The molecule has 0 fully saturated rings. The molecule has 1 amide bonds. The van der Waals surface area contributed by atoms with Crippen LogP contribution < -0.4 is 10.1 Å². The Hall–Kier alpha value is -2.32. The Morgan fingerprint density at radius 1 is 0.967 bits per heavy atom. The summed E-state index contributed by atoms with van der Waals surface area (Å²) in [5.41, 5.74) is 2.00. The fourth-order valence-electron chi connectivity index (χ4n) is 3.14. The fraction of sp³-hybridized carbons (Fsp3) is 0.292. The van der Waals surface area contributed by atoms with Crippen LogP contribution in [-0.4, -0.2) is 25.6 Å². The Balaban J connectivity index is 1.51. The number of rotatable bonds is 9. The molecular weight excluding hydrogens is 493 g/mol. The number of carbonyl (C=O) groups excluding carboxylic acids is 1. The summed E-state index contributed by atoms with van der Waals surface area (Å²) in [6, 6.07) is 21.5. The molecule has 2 unspecified atom stereocenters. The highest BCUT2D eigenvalue weighted by Crippen LogP contribution is 2.36. The molecule has 3 rings (SSSR count). The highest BCUT2D eigenvalue weighted by molar-refractivity contribution is 14.1. The van der Waals surface area contributed by atoms with E-state index < -0.39 is 12.4 Å². The van der Waals surface area contributed by atoms with Crippen LogP contribution in [0.4, 0.5) is 10.5 Å². The smallest absolute Gasteiger partial charge is 0.411 e. The Bertz CT molecular complexity index is 964. The number of amides is 1. The van der Waals surface area contributed by atoms with Crippen LogP contribution in [0, 0.1) is 0 Å². The molecule has 0 aromatic heterocycles. The fourth-order valence-corrected chi connectivity index (χ4v) is 3.68. The van der Waals surface area contributed by atoms with Gasteiger partial charge in [-0.2, -0.15) is 0 Å². The van der Waals surface area contributed by atoms with Crippen molar-refractivity contribution in [3.63, 3.8) is 0 Å². The van der Waals surface area contributed by atoms with Crippen LogP contribution in [0.5, 0.6) is 5.75 Å². The van der Waals surface area contributed by atoms with Crippen LogP contribution in [0.25, 0.3) is 10.8 Å². The third-order valence-corrected chi connectivity index (χ3v) is 6.15. The maximum atomic E-state index is 11.8. The van der Waals surface area contributed by atoms with Crippen LogP contribution in [0.15, 0.2) is 66.7 Å². The maximum absolute atomic E-state index is 11.8. The standard InChI is InChI=1S/C24H26INO4/c1-3-22(25)20-12-7-13-21-19(20)11-8-14-23(21)30-17(2)28-15-16-29-24(27)26-18-9-5-4-6-10-18/h4-14,17,22H,3,15-16H2,1-2H3,(H,26,27). The zero-order valence-electron chi connectivity index (χ0n) is 17.1. The molecule has 6 heteroatoms. The summed E-state index contributed by atoms with van der Waals surface area (Å²) < 4.78 is 17.3. The van der Waals surface area contributed by atoms with Crippen LogP contribution in [-0.2, 0) is 9.47 Å². The molecule has 3 aromatic carbocycles. The lowest BCUT2D eigenvalue weighted by molar-refractivity contribution is -0.0757. The molecule has 0 saturated heterocycles. The normalized spacial score (nSPS) is 12.9. The maximum Gasteiger partial charge on any atom is 0.411 e. The van der Waals surface area contributed by atoms with Gasteiger partial charge >= 0.3 is 6.09 Å². The molecule has 30 heavy (non-hydrogen) atoms. The second-order valence-corrected chi connectivity index (χ2v) is 8.26. The summed E-state index contributed by atoms with van der Waals surface area (Å²) in [5.74, 6) is 0.782. The largest absolute Gasteiger partial charge is 0.465 e. The monoisotopic (exact) mass is 519 g/mol. The second kappa shape index (κ2) is 11.2. The lowest BCUT2D eigenvalue weighted by Crippen LogP contribution is -2.21. The van der Waals surface area contributed by atoms with Crippen LogP contribution >= 0.6 is 22.6 Å². The molecule has 0 radical (unpaired) electrons. The Morgan fingerprint density at radius 2 is 1.70 bits per heavy atom. The van der Waals surface area contributed by atoms with Gasteiger partial charge in [0.05, 0.1) is 6.61 Å². The summed E-state index contributed by atoms with van der Waals surface area (Å²) in [4.78, 5) is 11.8. The number of ether oxygens (including phenoxy) is 3. The lowest BCUT2D eigenvalue weighted by atomic mass is 10.0. The van der Waals surface area contributed by atoms with Gasteiger partial charge in [-0.25, -0.2) is 4.79 Å². The minimum Gasteiger partial charge on any atom is -0.465 e. The van der Waals surface area contributed by atoms with E-state index in [2.05, 4.69) is 59.1 Å². The van der Waals surface area contributed by atoms with E-state index in [1.807, 2.05) is 37.3 Å². The minimum absolute atomic E-state index is 0.138. The summed E-state index contributed by atoms with van der Waals surface area (Å²) in [6.07, 6.45) is 0.0909. The SMILES string of the molecule is CCC(I)c1cccc2c(OC(C)OCCOC(=O)Nc3ccccc3)cccc12. The zero-order chi connectivity index (χ0) is 21.3. The molecule has 2 atom stereocenters. The van der Waals surface area contributed by atoms with Crippen LogP contribution in [0.3, 0.4) is 0 Å². The van der Waals surface area contributed by atoms with Gasteiger partial charge in [0.2, 0.25) is 0 Å². The molecule has 0 bridgehead atoms. The van der Waals surface area contributed by atoms with Crippen LogP contribution in [0.1, 0.15) is 29.8 Å². The van der Waals surface area contributed by atoms with Gasteiger partial charge in [0.15, 0.2) is 6.29 Å². The molecular formula is C24H26INO4. The van der Waals surface area contributed by atoms with Crippen LogP contribution in [0.2, 0.25) is 0 Å². The number of fused-ring (bicyclic) bond motifs is 1. The van der Waals surface area contributed by atoms with Gasteiger partial charge in [-0.15, -0.1) is 0 Å².